The van der Waals surface area contributed by atoms with E-state index in [1.165, 1.54) is 36.8 Å². The molecule has 0 aromatic carbocycles. The van der Waals surface area contributed by atoms with Crippen molar-refractivity contribution >= 4 is 5.57 Å². The van der Waals surface area contributed by atoms with Gasteiger partial charge >= 0.3 is 0 Å². The molecule has 2 unspecified atom stereocenters. The molecule has 0 radical (unpaired) electrons. The lowest BCUT2D eigenvalue weighted by Gasteiger charge is -2.30. The topological polar surface area (TPSA) is 12.9 Å². The number of hydrogen-bond donors (Lipinski definition) is 0. The van der Waals surface area contributed by atoms with E-state index in [2.05, 4.69) is 24.6 Å². The summed E-state index contributed by atoms with van der Waals surface area (Å²) in [7, 11) is 0. The van der Waals surface area contributed by atoms with Gasteiger partial charge in [-0.3, -0.25) is 4.98 Å². The highest BCUT2D eigenvalue weighted by molar-refractivity contribution is 5.64. The minimum Gasteiger partial charge on any atom is -0.264 e. The second-order valence-electron chi connectivity index (χ2n) is 4.64. The highest BCUT2D eigenvalue weighted by Gasteiger charge is 2.24. The van der Waals surface area contributed by atoms with Gasteiger partial charge in [0.15, 0.2) is 0 Å². The van der Waals surface area contributed by atoms with Crippen LogP contribution in [0.15, 0.2) is 31.1 Å². The summed E-state index contributed by atoms with van der Waals surface area (Å²) in [5.74, 6) is 1.45. The number of rotatable bonds is 2. The van der Waals surface area contributed by atoms with Gasteiger partial charge in [-0.15, -0.1) is 0 Å². The lowest BCUT2D eigenvalue weighted by molar-refractivity contribution is 0.316. The number of hydrogen-bond acceptors (Lipinski definition) is 1. The first kappa shape index (κ1) is 17.9. The first-order chi connectivity index (χ1) is 9.29. The molecule has 0 N–H and O–H groups in total. The third-order valence-corrected chi connectivity index (χ3v) is 3.59. The molecule has 1 nitrogen and oxygen atoms in total. The highest BCUT2D eigenvalue weighted by atomic mass is 14.6. The van der Waals surface area contributed by atoms with Crippen molar-refractivity contribution in [2.75, 3.05) is 0 Å². The molecule has 0 amide bonds. The maximum absolute atomic E-state index is 4.26. The number of aromatic nitrogens is 1. The molecule has 108 valence electrons. The summed E-state index contributed by atoms with van der Waals surface area (Å²) in [6.07, 6.45) is 9.15. The second-order valence-corrected chi connectivity index (χ2v) is 4.64. The van der Waals surface area contributed by atoms with Crippen LogP contribution < -0.4 is 0 Å². The summed E-state index contributed by atoms with van der Waals surface area (Å²) in [5, 5.41) is 0. The summed E-state index contributed by atoms with van der Waals surface area (Å²) >= 11 is 0. The van der Waals surface area contributed by atoms with Crippen molar-refractivity contribution in [2.24, 2.45) is 11.8 Å². The van der Waals surface area contributed by atoms with Crippen molar-refractivity contribution in [3.05, 3.63) is 36.7 Å². The first-order valence-electron chi connectivity index (χ1n) is 7.88. The second kappa shape index (κ2) is 10.8. The Morgan fingerprint density at radius 3 is 2.32 bits per heavy atom. The third-order valence-electron chi connectivity index (χ3n) is 3.59. The van der Waals surface area contributed by atoms with Crippen molar-refractivity contribution in [2.45, 2.75) is 60.3 Å². The lowest BCUT2D eigenvalue weighted by atomic mass is 9.75. The summed E-state index contributed by atoms with van der Waals surface area (Å²) in [6, 6.07) is 4.12. The fraction of sp³-hybridized carbons (Fsp3) is 0.611. The fourth-order valence-electron chi connectivity index (χ4n) is 2.60. The summed E-state index contributed by atoms with van der Waals surface area (Å²) in [5.41, 5.74) is 2.51. The molecule has 1 aromatic rings. The normalized spacial score (nSPS) is 21.3. The van der Waals surface area contributed by atoms with Crippen LogP contribution in [0.4, 0.5) is 0 Å². The Morgan fingerprint density at radius 2 is 1.79 bits per heavy atom. The Balaban J connectivity index is 0.000000741. The lowest BCUT2D eigenvalue weighted by Crippen LogP contribution is -2.17. The van der Waals surface area contributed by atoms with Gasteiger partial charge in [-0.05, 0) is 35.5 Å². The molecule has 1 heteroatoms. The van der Waals surface area contributed by atoms with Crippen LogP contribution in [0.3, 0.4) is 0 Å². The maximum atomic E-state index is 4.26. The summed E-state index contributed by atoms with van der Waals surface area (Å²) < 4.78 is 0. The van der Waals surface area contributed by atoms with Gasteiger partial charge in [0.25, 0.3) is 0 Å². The van der Waals surface area contributed by atoms with Crippen LogP contribution in [0.5, 0.6) is 0 Å². The van der Waals surface area contributed by atoms with Gasteiger partial charge in [0.2, 0.25) is 0 Å². The van der Waals surface area contributed by atoms with E-state index >= 15 is 0 Å². The minimum atomic E-state index is 0.669. The van der Waals surface area contributed by atoms with Gasteiger partial charge in [-0.25, -0.2) is 0 Å². The number of pyridine rings is 1. The Bertz CT molecular complexity index is 329. The monoisotopic (exact) mass is 261 g/mol. The highest BCUT2D eigenvalue weighted by Crippen LogP contribution is 2.37. The SMILES string of the molecule is C=C(c1cccnc1)C1CCCCC1C.CC.CC. The molecule has 0 bridgehead atoms. The maximum Gasteiger partial charge on any atom is 0.0342 e. The van der Waals surface area contributed by atoms with Crippen molar-refractivity contribution in [3.63, 3.8) is 0 Å². The van der Waals surface area contributed by atoms with Crippen LogP contribution in [0.1, 0.15) is 65.9 Å². The Kier molecular flexibility index (Phi) is 10.1. The van der Waals surface area contributed by atoms with Gasteiger partial charge in [-0.1, -0.05) is 66.5 Å². The van der Waals surface area contributed by atoms with Crippen molar-refractivity contribution in [1.29, 1.82) is 0 Å². The van der Waals surface area contributed by atoms with Gasteiger partial charge in [0.1, 0.15) is 0 Å². The van der Waals surface area contributed by atoms with Gasteiger partial charge in [0, 0.05) is 12.4 Å². The van der Waals surface area contributed by atoms with E-state index in [9.17, 15) is 0 Å². The average molecular weight is 261 g/mol. The van der Waals surface area contributed by atoms with Gasteiger partial charge in [-0.2, -0.15) is 0 Å². The molecular formula is C18H31N. The molecule has 1 fully saturated rings. The van der Waals surface area contributed by atoms with E-state index in [-0.39, 0.29) is 0 Å². The Morgan fingerprint density at radius 1 is 1.16 bits per heavy atom. The molecule has 2 rings (SSSR count). The molecule has 1 heterocycles. The van der Waals surface area contributed by atoms with Gasteiger partial charge in [0.05, 0.1) is 0 Å². The van der Waals surface area contributed by atoms with E-state index in [1.54, 1.807) is 0 Å². The first-order valence-corrected chi connectivity index (χ1v) is 7.88. The molecule has 0 saturated heterocycles. The molecule has 19 heavy (non-hydrogen) atoms. The molecule has 1 aliphatic rings. The zero-order valence-electron chi connectivity index (χ0n) is 13.4. The number of nitrogens with zero attached hydrogens (tertiary/aromatic N) is 1. The van der Waals surface area contributed by atoms with E-state index < -0.39 is 0 Å². The molecule has 1 aliphatic carbocycles. The largest absolute Gasteiger partial charge is 0.264 e. The van der Waals surface area contributed by atoms with Crippen LogP contribution >= 0.6 is 0 Å². The van der Waals surface area contributed by atoms with Crippen molar-refractivity contribution in [1.82, 2.24) is 4.98 Å². The molecule has 1 aromatic heterocycles. The zero-order chi connectivity index (χ0) is 14.7. The van der Waals surface area contributed by atoms with Crippen LogP contribution in [0.25, 0.3) is 5.57 Å². The molecular weight excluding hydrogens is 230 g/mol. The van der Waals surface area contributed by atoms with Crippen LogP contribution in [-0.4, -0.2) is 4.98 Å². The van der Waals surface area contributed by atoms with E-state index in [4.69, 9.17) is 0 Å². The Labute approximate surface area is 120 Å². The summed E-state index contributed by atoms with van der Waals surface area (Å²) in [6.45, 7) is 14.6. The minimum absolute atomic E-state index is 0.669. The molecule has 2 atom stereocenters. The number of allylic oxidation sites excluding steroid dienone is 1. The van der Waals surface area contributed by atoms with Crippen LogP contribution in [0.2, 0.25) is 0 Å². The fourth-order valence-corrected chi connectivity index (χ4v) is 2.60. The summed E-state index contributed by atoms with van der Waals surface area (Å²) in [4.78, 5) is 4.16. The van der Waals surface area contributed by atoms with Crippen molar-refractivity contribution in [3.8, 4) is 0 Å². The van der Waals surface area contributed by atoms with Crippen molar-refractivity contribution < 1.29 is 0 Å². The molecule has 0 aliphatic heterocycles. The zero-order valence-corrected chi connectivity index (χ0v) is 13.4. The van der Waals surface area contributed by atoms with Gasteiger partial charge < -0.3 is 0 Å². The quantitative estimate of drug-likeness (QED) is 0.638. The van der Waals surface area contributed by atoms with Crippen LogP contribution in [0, 0.1) is 11.8 Å². The predicted octanol–water partition coefficient (Wildman–Crippen LogP) is 5.97. The molecule has 0 spiro atoms. The third kappa shape index (κ3) is 5.59. The Hall–Kier alpha value is -1.11. The average Bonchev–Trinajstić information content (AvgIpc) is 2.52. The smallest absolute Gasteiger partial charge is 0.0342 e. The van der Waals surface area contributed by atoms with E-state index in [0.29, 0.717) is 5.92 Å². The van der Waals surface area contributed by atoms with Crippen LogP contribution in [-0.2, 0) is 0 Å². The molecule has 1 saturated carbocycles. The standard InChI is InChI=1S/C14H19N.2C2H6/c1-11-6-3-4-8-14(11)12(2)13-7-5-9-15-10-13;2*1-2/h5,7,9-11,14H,2-4,6,8H2,1H3;2*1-2H3. The predicted molar refractivity (Wildman–Crippen MR) is 87.1 cm³/mol. The van der Waals surface area contributed by atoms with E-state index in [1.807, 2.05) is 46.2 Å². The van der Waals surface area contributed by atoms with E-state index in [0.717, 1.165) is 5.92 Å².